The molecule has 62 valence electrons. The van der Waals surface area contributed by atoms with Crippen LogP contribution in [-0.4, -0.2) is 5.78 Å². The van der Waals surface area contributed by atoms with Crippen LogP contribution in [0.3, 0.4) is 0 Å². The van der Waals surface area contributed by atoms with Gasteiger partial charge in [-0.1, -0.05) is 18.6 Å². The van der Waals surface area contributed by atoms with Gasteiger partial charge in [0.25, 0.3) is 0 Å². The van der Waals surface area contributed by atoms with E-state index in [1.165, 1.54) is 24.8 Å². The zero-order valence-electron chi connectivity index (χ0n) is 7.23. The number of Topliss-reactive ketones (excluding diaryl/α,β-unsaturated/α-hetero) is 1. The van der Waals surface area contributed by atoms with Crippen LogP contribution in [0.4, 0.5) is 0 Å². The summed E-state index contributed by atoms with van der Waals surface area (Å²) in [5, 5.41) is 0. The first kappa shape index (κ1) is 8.51. The van der Waals surface area contributed by atoms with Crippen molar-refractivity contribution in [3.8, 4) is 0 Å². The molecule has 0 unspecified atom stereocenters. The van der Waals surface area contributed by atoms with Crippen LogP contribution in [0.15, 0.2) is 11.6 Å². The van der Waals surface area contributed by atoms with Crippen LogP contribution in [-0.2, 0) is 4.79 Å². The molecule has 0 aliphatic heterocycles. The van der Waals surface area contributed by atoms with Crippen LogP contribution in [0, 0.1) is 0 Å². The van der Waals surface area contributed by atoms with Gasteiger partial charge in [0.05, 0.1) is 0 Å². The molecule has 0 amide bonds. The van der Waals surface area contributed by atoms with Gasteiger partial charge in [-0.3, -0.25) is 4.79 Å². The van der Waals surface area contributed by atoms with Gasteiger partial charge in [0.15, 0.2) is 0 Å². The van der Waals surface area contributed by atoms with E-state index in [1.807, 2.05) is 6.92 Å². The largest absolute Gasteiger partial charge is 0.300 e. The molecule has 0 atom stereocenters. The van der Waals surface area contributed by atoms with Gasteiger partial charge in [0.2, 0.25) is 0 Å². The Balaban J connectivity index is 2.16. The second-order valence-corrected chi connectivity index (χ2v) is 3.15. The summed E-state index contributed by atoms with van der Waals surface area (Å²) in [5.41, 5.74) is 1.51. The van der Waals surface area contributed by atoms with Crippen molar-refractivity contribution in [3.05, 3.63) is 11.6 Å². The zero-order chi connectivity index (χ0) is 8.10. The molecular formula is C10H16O. The second-order valence-electron chi connectivity index (χ2n) is 3.15. The topological polar surface area (TPSA) is 17.1 Å². The van der Waals surface area contributed by atoms with E-state index in [9.17, 15) is 4.79 Å². The molecule has 11 heavy (non-hydrogen) atoms. The zero-order valence-corrected chi connectivity index (χ0v) is 7.23. The van der Waals surface area contributed by atoms with E-state index < -0.39 is 0 Å². The highest BCUT2D eigenvalue weighted by atomic mass is 16.1. The Kier molecular flexibility index (Phi) is 3.34. The lowest BCUT2D eigenvalue weighted by Crippen LogP contribution is -1.94. The van der Waals surface area contributed by atoms with Crippen LogP contribution in [0.2, 0.25) is 0 Å². The van der Waals surface area contributed by atoms with E-state index in [4.69, 9.17) is 0 Å². The second kappa shape index (κ2) is 4.32. The van der Waals surface area contributed by atoms with Gasteiger partial charge in [0.1, 0.15) is 5.78 Å². The molecule has 0 aromatic carbocycles. The number of hydrogen-bond donors (Lipinski definition) is 0. The number of ketones is 1. The van der Waals surface area contributed by atoms with Crippen LogP contribution >= 0.6 is 0 Å². The van der Waals surface area contributed by atoms with Crippen molar-refractivity contribution >= 4 is 5.78 Å². The molecule has 0 radical (unpaired) electrons. The molecule has 0 fully saturated rings. The molecule has 0 aromatic heterocycles. The van der Waals surface area contributed by atoms with E-state index in [0.717, 1.165) is 12.8 Å². The van der Waals surface area contributed by atoms with Gasteiger partial charge in [-0.25, -0.2) is 0 Å². The van der Waals surface area contributed by atoms with Crippen molar-refractivity contribution in [1.82, 2.24) is 0 Å². The first-order chi connectivity index (χ1) is 5.33. The van der Waals surface area contributed by atoms with Crippen molar-refractivity contribution in [1.29, 1.82) is 0 Å². The van der Waals surface area contributed by atoms with Gasteiger partial charge >= 0.3 is 0 Å². The number of allylic oxidation sites excluding steroid dienone is 2. The third-order valence-electron chi connectivity index (χ3n) is 2.25. The van der Waals surface area contributed by atoms with Gasteiger partial charge in [-0.2, -0.15) is 0 Å². The Hall–Kier alpha value is -0.590. The average Bonchev–Trinajstić information content (AvgIpc) is 2.52. The predicted octanol–water partition coefficient (Wildman–Crippen LogP) is 2.86. The standard InChI is InChI=1S/C10H16O/c1-2-10(11)8-7-9-5-3-4-6-9/h5H,2-4,6-8H2,1H3. The van der Waals surface area contributed by atoms with E-state index in [1.54, 1.807) is 0 Å². The third kappa shape index (κ3) is 2.87. The fourth-order valence-electron chi connectivity index (χ4n) is 1.44. The Morgan fingerprint density at radius 3 is 3.00 bits per heavy atom. The van der Waals surface area contributed by atoms with E-state index in [0.29, 0.717) is 12.2 Å². The van der Waals surface area contributed by atoms with Crippen molar-refractivity contribution in [2.24, 2.45) is 0 Å². The molecule has 1 aliphatic rings. The van der Waals surface area contributed by atoms with Crippen molar-refractivity contribution in [2.45, 2.75) is 45.4 Å². The summed E-state index contributed by atoms with van der Waals surface area (Å²) in [6.45, 7) is 1.94. The van der Waals surface area contributed by atoms with E-state index in [-0.39, 0.29) is 0 Å². The van der Waals surface area contributed by atoms with Crippen molar-refractivity contribution in [3.63, 3.8) is 0 Å². The highest BCUT2D eigenvalue weighted by Gasteiger charge is 2.05. The maximum absolute atomic E-state index is 10.9. The predicted molar refractivity (Wildman–Crippen MR) is 46.5 cm³/mol. The average molecular weight is 152 g/mol. The minimum absolute atomic E-state index is 0.401. The monoisotopic (exact) mass is 152 g/mol. The molecule has 0 aromatic rings. The lowest BCUT2D eigenvalue weighted by molar-refractivity contribution is -0.118. The maximum Gasteiger partial charge on any atom is 0.132 e. The Morgan fingerprint density at radius 1 is 1.64 bits per heavy atom. The normalized spacial score (nSPS) is 16.6. The first-order valence-electron chi connectivity index (χ1n) is 4.52. The van der Waals surface area contributed by atoms with Crippen LogP contribution in [0.25, 0.3) is 0 Å². The Labute approximate surface area is 68.5 Å². The molecular weight excluding hydrogens is 136 g/mol. The summed E-state index contributed by atoms with van der Waals surface area (Å²) >= 11 is 0. The lowest BCUT2D eigenvalue weighted by atomic mass is 10.1. The molecule has 0 heterocycles. The summed E-state index contributed by atoms with van der Waals surface area (Å²) in [7, 11) is 0. The molecule has 0 bridgehead atoms. The molecule has 0 saturated carbocycles. The molecule has 0 spiro atoms. The fraction of sp³-hybridized carbons (Fsp3) is 0.700. The Bertz CT molecular complexity index is 168. The van der Waals surface area contributed by atoms with Gasteiger partial charge in [0, 0.05) is 12.8 Å². The van der Waals surface area contributed by atoms with Gasteiger partial charge in [-0.15, -0.1) is 0 Å². The molecule has 0 N–H and O–H groups in total. The van der Waals surface area contributed by atoms with Crippen LogP contribution in [0.1, 0.15) is 45.4 Å². The number of carbonyl (C=O) groups is 1. The van der Waals surface area contributed by atoms with Gasteiger partial charge in [-0.05, 0) is 25.7 Å². The molecule has 0 saturated heterocycles. The highest BCUT2D eigenvalue weighted by Crippen LogP contribution is 2.21. The summed E-state index contributed by atoms with van der Waals surface area (Å²) in [6, 6.07) is 0. The summed E-state index contributed by atoms with van der Waals surface area (Å²) < 4.78 is 0. The molecule has 1 heteroatoms. The minimum Gasteiger partial charge on any atom is -0.300 e. The van der Waals surface area contributed by atoms with E-state index in [2.05, 4.69) is 6.08 Å². The summed E-state index contributed by atoms with van der Waals surface area (Å²) in [5.74, 6) is 0.401. The highest BCUT2D eigenvalue weighted by molar-refractivity contribution is 5.78. The maximum atomic E-state index is 10.9. The Morgan fingerprint density at radius 2 is 2.45 bits per heavy atom. The van der Waals surface area contributed by atoms with Crippen molar-refractivity contribution in [2.75, 3.05) is 0 Å². The fourth-order valence-corrected chi connectivity index (χ4v) is 1.44. The number of carbonyl (C=O) groups excluding carboxylic acids is 1. The summed E-state index contributed by atoms with van der Waals surface area (Å²) in [4.78, 5) is 10.9. The quantitative estimate of drug-likeness (QED) is 0.566. The SMILES string of the molecule is CCC(=O)CCC1=CCCC1. The minimum atomic E-state index is 0.401. The first-order valence-corrected chi connectivity index (χ1v) is 4.52. The van der Waals surface area contributed by atoms with Crippen LogP contribution in [0.5, 0.6) is 0 Å². The van der Waals surface area contributed by atoms with Gasteiger partial charge < -0.3 is 0 Å². The molecule has 1 aliphatic carbocycles. The third-order valence-corrected chi connectivity index (χ3v) is 2.25. The smallest absolute Gasteiger partial charge is 0.132 e. The van der Waals surface area contributed by atoms with Crippen LogP contribution < -0.4 is 0 Å². The van der Waals surface area contributed by atoms with E-state index >= 15 is 0 Å². The lowest BCUT2D eigenvalue weighted by Gasteiger charge is -1.98. The molecule has 1 rings (SSSR count). The number of hydrogen-bond acceptors (Lipinski definition) is 1. The van der Waals surface area contributed by atoms with Crippen molar-refractivity contribution < 1.29 is 4.79 Å². The molecule has 1 nitrogen and oxygen atoms in total. The number of rotatable bonds is 4. The summed E-state index contributed by atoms with van der Waals surface area (Å²) in [6.07, 6.45) is 8.55.